The van der Waals surface area contributed by atoms with Crippen molar-refractivity contribution in [3.8, 4) is 17.0 Å². The number of nitrogens with one attached hydrogen (secondary N) is 1. The van der Waals surface area contributed by atoms with E-state index in [1.54, 1.807) is 35.6 Å². The Balaban J connectivity index is 1.61. The third-order valence-electron chi connectivity index (χ3n) is 5.52. The molecule has 0 bridgehead atoms. The highest BCUT2D eigenvalue weighted by atomic mass is 32.2. The van der Waals surface area contributed by atoms with Crippen LogP contribution in [0, 0.1) is 13.8 Å². The first-order valence-electron chi connectivity index (χ1n) is 11.3. The predicted octanol–water partition coefficient (Wildman–Crippen LogP) is 5.27. The molecule has 0 aliphatic rings. The molecule has 0 saturated carbocycles. The van der Waals surface area contributed by atoms with E-state index in [4.69, 9.17) is 4.74 Å². The van der Waals surface area contributed by atoms with Crippen LogP contribution in [0.2, 0.25) is 0 Å². The number of aryl methyl sites for hydroxylation is 2. The van der Waals surface area contributed by atoms with Crippen molar-refractivity contribution in [2.45, 2.75) is 25.3 Å². The van der Waals surface area contributed by atoms with Crippen LogP contribution in [0.15, 0.2) is 83.1 Å². The molecule has 9 heteroatoms. The molecule has 1 N–H and O–H groups in total. The molecular formula is C27H27N3O4S2. The van der Waals surface area contributed by atoms with Crippen LogP contribution in [-0.4, -0.2) is 37.3 Å². The molecule has 186 valence electrons. The number of carbonyl (C=O) groups is 1. The zero-order chi connectivity index (χ0) is 25.7. The average Bonchev–Trinajstić information content (AvgIpc) is 3.30. The molecule has 0 aliphatic heterocycles. The summed E-state index contributed by atoms with van der Waals surface area (Å²) in [6, 6.07) is 21.5. The number of methoxy groups -OCH3 is 1. The largest absolute Gasteiger partial charge is 0.495 e. The van der Waals surface area contributed by atoms with E-state index in [9.17, 15) is 13.2 Å². The van der Waals surface area contributed by atoms with Crippen molar-refractivity contribution in [2.24, 2.45) is 0 Å². The fourth-order valence-electron chi connectivity index (χ4n) is 3.75. The predicted molar refractivity (Wildman–Crippen MR) is 143 cm³/mol. The van der Waals surface area contributed by atoms with Gasteiger partial charge in [0.05, 0.1) is 24.4 Å². The van der Waals surface area contributed by atoms with Gasteiger partial charge < -0.3 is 10.1 Å². The van der Waals surface area contributed by atoms with Crippen molar-refractivity contribution < 1.29 is 17.9 Å². The van der Waals surface area contributed by atoms with E-state index < -0.39 is 15.9 Å². The number of ether oxygens (including phenoxy) is 1. The summed E-state index contributed by atoms with van der Waals surface area (Å²) < 4.78 is 34.0. The van der Waals surface area contributed by atoms with E-state index in [0.717, 1.165) is 27.4 Å². The Morgan fingerprint density at radius 1 is 1.03 bits per heavy atom. The highest BCUT2D eigenvalue weighted by molar-refractivity contribution is 7.89. The van der Waals surface area contributed by atoms with Gasteiger partial charge in [-0.05, 0) is 49.2 Å². The number of thiazole rings is 1. The van der Waals surface area contributed by atoms with E-state index in [1.807, 2.05) is 67.8 Å². The lowest BCUT2D eigenvalue weighted by Crippen LogP contribution is -2.37. The number of rotatable bonds is 9. The normalized spacial score (nSPS) is 11.4. The highest BCUT2D eigenvalue weighted by Gasteiger charge is 2.30. The molecule has 4 aromatic rings. The number of sulfonamides is 1. The minimum atomic E-state index is -4.06. The van der Waals surface area contributed by atoms with Gasteiger partial charge in [-0.2, -0.15) is 4.31 Å². The topological polar surface area (TPSA) is 88.6 Å². The number of hydrogen-bond donors (Lipinski definition) is 1. The standard InChI is InChI=1S/C27H27N3O4S2/c1-19-12-13-25(34-3)26(14-19)36(32,33)30(16-21-8-5-4-6-9-21)17-27(31)29-23-11-7-10-22(15-23)24-18-35-20(2)28-24/h4-15,18H,16-17H2,1-3H3,(H,29,31). The van der Waals surface area contributed by atoms with Crippen LogP contribution in [0.1, 0.15) is 16.1 Å². The maximum atomic E-state index is 13.8. The molecule has 3 aromatic carbocycles. The maximum absolute atomic E-state index is 13.8. The van der Waals surface area contributed by atoms with E-state index in [1.165, 1.54) is 11.4 Å². The zero-order valence-corrected chi connectivity index (χ0v) is 21.9. The fourth-order valence-corrected chi connectivity index (χ4v) is 6.00. The lowest BCUT2D eigenvalue weighted by Gasteiger charge is -2.23. The maximum Gasteiger partial charge on any atom is 0.247 e. The van der Waals surface area contributed by atoms with Gasteiger partial charge in [-0.3, -0.25) is 4.79 Å². The molecule has 4 rings (SSSR count). The monoisotopic (exact) mass is 521 g/mol. The van der Waals surface area contributed by atoms with Crippen molar-refractivity contribution in [1.29, 1.82) is 0 Å². The number of aromatic nitrogens is 1. The number of carbonyl (C=O) groups excluding carboxylic acids is 1. The van der Waals surface area contributed by atoms with Gasteiger partial charge in [0.15, 0.2) is 0 Å². The van der Waals surface area contributed by atoms with Gasteiger partial charge in [-0.15, -0.1) is 11.3 Å². The Kier molecular flexibility index (Phi) is 7.83. The molecule has 7 nitrogen and oxygen atoms in total. The minimum Gasteiger partial charge on any atom is -0.495 e. The average molecular weight is 522 g/mol. The molecule has 1 amide bonds. The zero-order valence-electron chi connectivity index (χ0n) is 20.3. The smallest absolute Gasteiger partial charge is 0.247 e. The summed E-state index contributed by atoms with van der Waals surface area (Å²) >= 11 is 1.55. The number of amides is 1. The van der Waals surface area contributed by atoms with E-state index in [-0.39, 0.29) is 23.7 Å². The Labute approximate surface area is 215 Å². The van der Waals surface area contributed by atoms with E-state index in [2.05, 4.69) is 10.3 Å². The molecular weight excluding hydrogens is 494 g/mol. The van der Waals surface area contributed by atoms with Crippen molar-refractivity contribution in [3.63, 3.8) is 0 Å². The van der Waals surface area contributed by atoms with Gasteiger partial charge in [0.2, 0.25) is 15.9 Å². The van der Waals surface area contributed by atoms with Crippen LogP contribution in [0.4, 0.5) is 5.69 Å². The summed E-state index contributed by atoms with van der Waals surface area (Å²) in [6.45, 7) is 3.41. The molecule has 0 radical (unpaired) electrons. The summed E-state index contributed by atoms with van der Waals surface area (Å²) in [4.78, 5) is 17.6. The first kappa shape index (κ1) is 25.6. The molecule has 0 saturated heterocycles. The molecule has 0 atom stereocenters. The number of hydrogen-bond acceptors (Lipinski definition) is 6. The SMILES string of the molecule is COc1ccc(C)cc1S(=O)(=O)N(CC(=O)Nc1cccc(-c2csc(C)n2)c1)Cc1ccccc1. The van der Waals surface area contributed by atoms with Crippen LogP contribution < -0.4 is 10.1 Å². The summed E-state index contributed by atoms with van der Waals surface area (Å²) in [6.07, 6.45) is 0. The minimum absolute atomic E-state index is 0.0228. The number of anilines is 1. The van der Waals surface area contributed by atoms with Crippen molar-refractivity contribution in [3.05, 3.63) is 94.3 Å². The number of benzene rings is 3. The second kappa shape index (κ2) is 11.0. The van der Waals surface area contributed by atoms with Crippen LogP contribution in [0.3, 0.4) is 0 Å². The van der Waals surface area contributed by atoms with Crippen LogP contribution in [-0.2, 0) is 21.4 Å². The van der Waals surface area contributed by atoms with Crippen LogP contribution in [0.25, 0.3) is 11.3 Å². The lowest BCUT2D eigenvalue weighted by atomic mass is 10.1. The first-order valence-corrected chi connectivity index (χ1v) is 13.6. The van der Waals surface area contributed by atoms with Crippen molar-refractivity contribution in [1.82, 2.24) is 9.29 Å². The third-order valence-corrected chi connectivity index (χ3v) is 8.11. The van der Waals surface area contributed by atoms with Crippen molar-refractivity contribution >= 4 is 33.0 Å². The van der Waals surface area contributed by atoms with Gasteiger partial charge in [0.1, 0.15) is 10.6 Å². The Morgan fingerprint density at radius 3 is 2.50 bits per heavy atom. The second-order valence-electron chi connectivity index (χ2n) is 8.29. The second-order valence-corrected chi connectivity index (χ2v) is 11.3. The first-order chi connectivity index (χ1) is 17.3. The van der Waals surface area contributed by atoms with Crippen LogP contribution in [0.5, 0.6) is 5.75 Å². The fraction of sp³-hybridized carbons (Fsp3) is 0.185. The van der Waals surface area contributed by atoms with Gasteiger partial charge >= 0.3 is 0 Å². The molecule has 1 aromatic heterocycles. The Morgan fingerprint density at radius 2 is 1.81 bits per heavy atom. The Bertz CT molecular complexity index is 1470. The van der Waals surface area contributed by atoms with Crippen LogP contribution >= 0.6 is 11.3 Å². The van der Waals surface area contributed by atoms with Crippen molar-refractivity contribution in [2.75, 3.05) is 19.0 Å². The van der Waals surface area contributed by atoms with E-state index >= 15 is 0 Å². The molecule has 0 aliphatic carbocycles. The molecule has 0 unspecified atom stereocenters. The summed E-state index contributed by atoms with van der Waals surface area (Å²) in [5.74, 6) is -0.224. The summed E-state index contributed by atoms with van der Waals surface area (Å²) in [5.41, 5.74) is 3.80. The Hall–Kier alpha value is -3.53. The van der Waals surface area contributed by atoms with Gasteiger partial charge in [0, 0.05) is 23.2 Å². The summed E-state index contributed by atoms with van der Waals surface area (Å²) in [5, 5.41) is 5.75. The number of nitrogens with zero attached hydrogens (tertiary/aromatic N) is 2. The van der Waals surface area contributed by atoms with Gasteiger partial charge in [0.25, 0.3) is 0 Å². The van der Waals surface area contributed by atoms with E-state index in [0.29, 0.717) is 5.69 Å². The third kappa shape index (κ3) is 5.99. The summed E-state index contributed by atoms with van der Waals surface area (Å²) in [7, 11) is -2.64. The molecule has 1 heterocycles. The molecule has 0 spiro atoms. The molecule has 36 heavy (non-hydrogen) atoms. The molecule has 0 fully saturated rings. The quantitative estimate of drug-likeness (QED) is 0.324. The highest BCUT2D eigenvalue weighted by Crippen LogP contribution is 2.29. The van der Waals surface area contributed by atoms with Gasteiger partial charge in [-0.25, -0.2) is 13.4 Å². The lowest BCUT2D eigenvalue weighted by molar-refractivity contribution is -0.116. The van der Waals surface area contributed by atoms with Gasteiger partial charge in [-0.1, -0.05) is 48.5 Å².